The van der Waals surface area contributed by atoms with Crippen LogP contribution in [-0.2, 0) is 4.74 Å². The zero-order chi connectivity index (χ0) is 20.8. The van der Waals surface area contributed by atoms with E-state index in [1.54, 1.807) is 6.08 Å². The van der Waals surface area contributed by atoms with Crippen molar-refractivity contribution in [1.29, 1.82) is 0 Å². The van der Waals surface area contributed by atoms with Crippen molar-refractivity contribution in [3.8, 4) is 11.5 Å². The smallest absolute Gasteiger partial charge is 0.343 e. The van der Waals surface area contributed by atoms with Crippen molar-refractivity contribution >= 4 is 23.6 Å². The lowest BCUT2D eigenvalue weighted by molar-refractivity contribution is 0.0370. The van der Waals surface area contributed by atoms with Crippen LogP contribution >= 0.6 is 11.6 Å². The van der Waals surface area contributed by atoms with Crippen molar-refractivity contribution < 1.29 is 24.9 Å². The number of benzene rings is 1. The minimum absolute atomic E-state index is 0.000174. The molecule has 1 atom stereocenters. The molecule has 6 heteroatoms. The molecule has 1 aromatic rings. The molecule has 0 bridgehead atoms. The van der Waals surface area contributed by atoms with Crippen molar-refractivity contribution in [2.45, 2.75) is 38.2 Å². The number of hydrogen-bond donors (Lipinski definition) is 3. The number of fused-ring (bicyclic) bond motifs is 1. The number of aliphatic hydroxyl groups is 1. The van der Waals surface area contributed by atoms with Gasteiger partial charge in [-0.2, -0.15) is 0 Å². The summed E-state index contributed by atoms with van der Waals surface area (Å²) in [5.74, 6) is -1.81. The fourth-order valence-corrected chi connectivity index (χ4v) is 3.49. The molecule has 0 spiro atoms. The second-order valence-electron chi connectivity index (χ2n) is 6.88. The number of carbonyl (C=O) groups is 1. The molecule has 0 saturated heterocycles. The Bertz CT molecular complexity index is 937. The van der Waals surface area contributed by atoms with Gasteiger partial charge in [-0.1, -0.05) is 48.1 Å². The number of aliphatic hydroxyl groups excluding tert-OH is 1. The second kappa shape index (κ2) is 9.52. The largest absolute Gasteiger partial charge is 0.508 e. The number of allylic oxidation sites excluding steroid dienone is 6. The van der Waals surface area contributed by atoms with E-state index in [1.165, 1.54) is 12.2 Å². The summed E-state index contributed by atoms with van der Waals surface area (Å²) in [6, 6.07) is 0.990. The van der Waals surface area contributed by atoms with Gasteiger partial charge < -0.3 is 20.1 Å². The third-order valence-electron chi connectivity index (χ3n) is 4.77. The van der Waals surface area contributed by atoms with Crippen molar-refractivity contribution in [3.05, 3.63) is 76.1 Å². The molecule has 0 amide bonds. The predicted molar refractivity (Wildman–Crippen MR) is 113 cm³/mol. The molecular weight excluding hydrogens is 392 g/mol. The molecule has 0 fully saturated rings. The molecule has 1 aliphatic heterocycles. The van der Waals surface area contributed by atoms with Crippen molar-refractivity contribution in [1.82, 2.24) is 0 Å². The molecule has 0 unspecified atom stereocenters. The van der Waals surface area contributed by atoms with Gasteiger partial charge >= 0.3 is 5.97 Å². The van der Waals surface area contributed by atoms with Gasteiger partial charge in [0.05, 0.1) is 5.02 Å². The Morgan fingerprint density at radius 3 is 2.55 bits per heavy atom. The van der Waals surface area contributed by atoms with Gasteiger partial charge in [0.25, 0.3) is 0 Å². The van der Waals surface area contributed by atoms with Gasteiger partial charge in [-0.3, -0.25) is 0 Å². The minimum Gasteiger partial charge on any atom is -0.508 e. The van der Waals surface area contributed by atoms with E-state index in [0.717, 1.165) is 37.3 Å². The van der Waals surface area contributed by atoms with Crippen molar-refractivity contribution in [3.63, 3.8) is 0 Å². The number of esters is 1. The number of cyclic esters (lactones) is 1. The standard InChI is InChI=1S/C23H23ClO5/c24-22-17-13-16(25)11-7-2-1-3-8-12-20(15-9-5-4-6-10-15)29-23(28)21(17)18(26)14-19(22)27/h3-5,7-9,11,13-14,20,25-27H,1-2,6,10,12H2/b8-3+,11-7+,16-13-/t20-/m1/s1. The summed E-state index contributed by atoms with van der Waals surface area (Å²) in [5, 5.41) is 30.3. The maximum Gasteiger partial charge on any atom is 0.343 e. The highest BCUT2D eigenvalue weighted by molar-refractivity contribution is 6.34. The normalized spacial score (nSPS) is 24.3. The molecule has 5 nitrogen and oxygen atoms in total. The topological polar surface area (TPSA) is 87.0 Å². The lowest BCUT2D eigenvalue weighted by Gasteiger charge is -2.22. The monoisotopic (exact) mass is 414 g/mol. The van der Waals surface area contributed by atoms with Crippen LogP contribution in [0.25, 0.3) is 6.08 Å². The van der Waals surface area contributed by atoms with Crippen molar-refractivity contribution in [2.75, 3.05) is 0 Å². The summed E-state index contributed by atoms with van der Waals surface area (Å²) >= 11 is 6.17. The van der Waals surface area contributed by atoms with E-state index < -0.39 is 23.6 Å². The number of carbonyl (C=O) groups excluding carboxylic acids is 1. The molecule has 1 aliphatic carbocycles. The highest BCUT2D eigenvalue weighted by Gasteiger charge is 2.26. The molecular formula is C23H23ClO5. The van der Waals surface area contributed by atoms with Crippen LogP contribution < -0.4 is 0 Å². The molecule has 0 saturated carbocycles. The lowest BCUT2D eigenvalue weighted by atomic mass is 9.97. The van der Waals surface area contributed by atoms with Gasteiger partial charge in [-0.05, 0) is 43.4 Å². The van der Waals surface area contributed by atoms with Crippen LogP contribution in [0.3, 0.4) is 0 Å². The summed E-state index contributed by atoms with van der Waals surface area (Å²) < 4.78 is 5.75. The van der Waals surface area contributed by atoms with Gasteiger partial charge in [0.15, 0.2) is 0 Å². The van der Waals surface area contributed by atoms with E-state index in [9.17, 15) is 20.1 Å². The molecule has 0 radical (unpaired) electrons. The number of halogens is 1. The number of aromatic hydroxyl groups is 2. The summed E-state index contributed by atoms with van der Waals surface area (Å²) in [5.41, 5.74) is 0.785. The van der Waals surface area contributed by atoms with E-state index in [1.807, 2.05) is 30.4 Å². The number of rotatable bonds is 1. The Hall–Kier alpha value is -2.92. The molecule has 1 aromatic carbocycles. The second-order valence-corrected chi connectivity index (χ2v) is 7.25. The molecule has 0 aromatic heterocycles. The zero-order valence-electron chi connectivity index (χ0n) is 15.8. The van der Waals surface area contributed by atoms with Crippen LogP contribution in [0.15, 0.2) is 59.9 Å². The summed E-state index contributed by atoms with van der Waals surface area (Å²) in [4.78, 5) is 13.0. The van der Waals surface area contributed by atoms with Crippen LogP contribution in [0.1, 0.15) is 48.0 Å². The predicted octanol–water partition coefficient (Wildman–Crippen LogP) is 5.75. The quantitative estimate of drug-likeness (QED) is 0.402. The van der Waals surface area contributed by atoms with Gasteiger partial charge in [0.2, 0.25) is 0 Å². The van der Waals surface area contributed by atoms with E-state index in [-0.39, 0.29) is 21.9 Å². The molecule has 3 rings (SSSR count). The first-order valence-corrected chi connectivity index (χ1v) is 9.88. The minimum atomic E-state index is -0.779. The van der Waals surface area contributed by atoms with E-state index >= 15 is 0 Å². The Balaban J connectivity index is 2.08. The fourth-order valence-electron chi connectivity index (χ4n) is 3.28. The average Bonchev–Trinajstić information content (AvgIpc) is 2.70. The molecule has 2 aliphatic rings. The Kier molecular flexibility index (Phi) is 6.83. The Morgan fingerprint density at radius 2 is 1.79 bits per heavy atom. The van der Waals surface area contributed by atoms with Crippen LogP contribution in [0.5, 0.6) is 11.5 Å². The Morgan fingerprint density at radius 1 is 1.00 bits per heavy atom. The summed E-state index contributed by atoms with van der Waals surface area (Å²) in [7, 11) is 0. The first-order chi connectivity index (χ1) is 14.0. The Labute approximate surface area is 174 Å². The maximum atomic E-state index is 13.0. The van der Waals surface area contributed by atoms with Gasteiger partial charge in [0.1, 0.15) is 28.9 Å². The zero-order valence-corrected chi connectivity index (χ0v) is 16.6. The number of ether oxygens (including phenoxy) is 1. The van der Waals surface area contributed by atoms with Gasteiger partial charge in [0, 0.05) is 18.1 Å². The highest BCUT2D eigenvalue weighted by atomic mass is 35.5. The van der Waals surface area contributed by atoms with Gasteiger partial charge in [-0.15, -0.1) is 0 Å². The SMILES string of the molecule is O=C1O[C@@H](C2=CC=CCC2)C/C=C/CC/C=C/C(O)=C/c2c(Cl)c(O)cc(O)c21. The first-order valence-electron chi connectivity index (χ1n) is 9.50. The number of hydrogen-bond acceptors (Lipinski definition) is 5. The third-order valence-corrected chi connectivity index (χ3v) is 5.17. The van der Waals surface area contributed by atoms with Crippen LogP contribution in [0.4, 0.5) is 0 Å². The van der Waals surface area contributed by atoms with Crippen LogP contribution in [-0.4, -0.2) is 27.4 Å². The third kappa shape index (κ3) is 5.12. The van der Waals surface area contributed by atoms with E-state index in [0.29, 0.717) is 6.42 Å². The molecule has 152 valence electrons. The molecule has 3 N–H and O–H groups in total. The summed E-state index contributed by atoms with van der Waals surface area (Å²) in [6.45, 7) is 0. The number of phenolic OH excluding ortho intramolecular Hbond substituents is 2. The summed E-state index contributed by atoms with van der Waals surface area (Å²) in [6.07, 6.45) is 17.6. The van der Waals surface area contributed by atoms with Gasteiger partial charge in [-0.25, -0.2) is 4.79 Å². The van der Waals surface area contributed by atoms with Crippen LogP contribution in [0.2, 0.25) is 5.02 Å². The first kappa shape index (κ1) is 20.8. The van der Waals surface area contributed by atoms with E-state index in [4.69, 9.17) is 16.3 Å². The average molecular weight is 415 g/mol. The molecule has 1 heterocycles. The fraction of sp³-hybridized carbons (Fsp3) is 0.261. The highest BCUT2D eigenvalue weighted by Crippen LogP contribution is 2.38. The van der Waals surface area contributed by atoms with E-state index in [2.05, 4.69) is 0 Å². The number of phenols is 2. The maximum absolute atomic E-state index is 13.0. The van der Waals surface area contributed by atoms with Crippen molar-refractivity contribution in [2.24, 2.45) is 0 Å². The van der Waals surface area contributed by atoms with Crippen LogP contribution in [0, 0.1) is 0 Å². The lowest BCUT2D eigenvalue weighted by Crippen LogP contribution is -2.21. The molecule has 29 heavy (non-hydrogen) atoms.